The average Bonchev–Trinajstić information content (AvgIpc) is 2.66. The molecular formula is C19H23N3O5S. The molecule has 0 saturated heterocycles. The second-order valence-electron chi connectivity index (χ2n) is 6.95. The summed E-state index contributed by atoms with van der Waals surface area (Å²) in [6, 6.07) is 7.67. The van der Waals surface area contributed by atoms with Crippen LogP contribution in [-0.4, -0.2) is 30.7 Å². The molecule has 0 aliphatic heterocycles. The minimum absolute atomic E-state index is 0.205. The number of benzene rings is 1. The molecule has 1 heterocycles. The number of nitrogens with zero attached hydrogens (tertiary/aromatic N) is 2. The molecule has 0 atom stereocenters. The van der Waals surface area contributed by atoms with E-state index in [1.54, 1.807) is 6.20 Å². The Morgan fingerprint density at radius 2 is 1.96 bits per heavy atom. The molecule has 0 bridgehead atoms. The van der Waals surface area contributed by atoms with E-state index in [0.717, 1.165) is 24.7 Å². The van der Waals surface area contributed by atoms with Crippen molar-refractivity contribution in [2.75, 3.05) is 11.6 Å². The van der Waals surface area contributed by atoms with Crippen LogP contribution in [0, 0.1) is 10.1 Å². The highest BCUT2D eigenvalue weighted by atomic mass is 32.2. The van der Waals surface area contributed by atoms with Crippen molar-refractivity contribution < 1.29 is 18.1 Å². The van der Waals surface area contributed by atoms with Gasteiger partial charge in [-0.1, -0.05) is 6.42 Å². The summed E-state index contributed by atoms with van der Waals surface area (Å²) in [6.45, 7) is 0.407. The van der Waals surface area contributed by atoms with E-state index in [2.05, 4.69) is 10.3 Å². The summed E-state index contributed by atoms with van der Waals surface area (Å²) < 4.78 is 29.7. The maximum absolute atomic E-state index is 11.9. The van der Waals surface area contributed by atoms with Gasteiger partial charge in [0.1, 0.15) is 11.0 Å². The molecule has 0 amide bonds. The molecule has 1 aliphatic carbocycles. The number of sulfone groups is 1. The highest BCUT2D eigenvalue weighted by Crippen LogP contribution is 2.27. The highest BCUT2D eigenvalue weighted by Gasteiger charge is 2.22. The molecule has 28 heavy (non-hydrogen) atoms. The van der Waals surface area contributed by atoms with Crippen LogP contribution in [0.3, 0.4) is 0 Å². The van der Waals surface area contributed by atoms with Crippen LogP contribution in [0.15, 0.2) is 41.4 Å². The van der Waals surface area contributed by atoms with Gasteiger partial charge < -0.3 is 10.1 Å². The van der Waals surface area contributed by atoms with Crippen molar-refractivity contribution in [3.05, 3.63) is 52.2 Å². The van der Waals surface area contributed by atoms with Gasteiger partial charge in [-0.25, -0.2) is 13.4 Å². The Balaban J connectivity index is 1.70. The number of hydrogen-bond acceptors (Lipinski definition) is 7. The summed E-state index contributed by atoms with van der Waals surface area (Å²) in [5.74, 6) is 0.576. The summed E-state index contributed by atoms with van der Waals surface area (Å²) >= 11 is 0. The molecule has 9 heteroatoms. The fourth-order valence-electron chi connectivity index (χ4n) is 3.25. The quantitative estimate of drug-likeness (QED) is 0.552. The van der Waals surface area contributed by atoms with Crippen LogP contribution in [0.4, 0.5) is 11.4 Å². The number of anilines is 1. The van der Waals surface area contributed by atoms with Gasteiger partial charge >= 0.3 is 0 Å². The minimum atomic E-state index is -3.72. The third-order valence-electron chi connectivity index (χ3n) is 4.69. The van der Waals surface area contributed by atoms with E-state index in [1.165, 1.54) is 37.5 Å². The van der Waals surface area contributed by atoms with Gasteiger partial charge in [0.05, 0.1) is 4.92 Å². The lowest BCUT2D eigenvalue weighted by atomic mass is 9.98. The van der Waals surface area contributed by atoms with Crippen LogP contribution in [0.1, 0.15) is 37.7 Å². The van der Waals surface area contributed by atoms with E-state index < -0.39 is 20.4 Å². The molecule has 1 N–H and O–H groups in total. The van der Waals surface area contributed by atoms with Gasteiger partial charge in [0.2, 0.25) is 5.88 Å². The monoisotopic (exact) mass is 405 g/mol. The van der Waals surface area contributed by atoms with Crippen molar-refractivity contribution in [2.45, 2.75) is 49.6 Å². The molecule has 1 aromatic carbocycles. The Hall–Kier alpha value is -2.68. The molecule has 0 unspecified atom stereocenters. The number of nitrogens with one attached hydrogen (secondary N) is 1. The second kappa shape index (κ2) is 8.55. The lowest BCUT2D eigenvalue weighted by Gasteiger charge is -2.22. The number of hydrogen-bond donors (Lipinski definition) is 1. The van der Waals surface area contributed by atoms with Crippen LogP contribution in [0.5, 0.6) is 5.88 Å². The predicted octanol–water partition coefficient (Wildman–Crippen LogP) is 3.72. The van der Waals surface area contributed by atoms with E-state index in [4.69, 9.17) is 4.74 Å². The fourth-order valence-corrected chi connectivity index (χ4v) is 4.12. The maximum Gasteiger partial charge on any atom is 0.288 e. The van der Waals surface area contributed by atoms with E-state index >= 15 is 0 Å². The van der Waals surface area contributed by atoms with Gasteiger partial charge in [-0.05, 0) is 49.4 Å². The van der Waals surface area contributed by atoms with Crippen molar-refractivity contribution in [2.24, 2.45) is 0 Å². The Morgan fingerprint density at radius 1 is 1.21 bits per heavy atom. The topological polar surface area (TPSA) is 111 Å². The van der Waals surface area contributed by atoms with Crippen molar-refractivity contribution >= 4 is 21.2 Å². The number of aromatic nitrogens is 1. The summed E-state index contributed by atoms with van der Waals surface area (Å²) in [5, 5.41) is 14.2. The van der Waals surface area contributed by atoms with Gasteiger partial charge in [0.25, 0.3) is 5.69 Å². The SMILES string of the molecule is CS(=O)(=O)c1cc(NCc2ccnc(OC3CCCCC3)c2)ccc1[N+](=O)[O-]. The molecule has 1 aliphatic rings. The molecule has 3 rings (SSSR count). The lowest BCUT2D eigenvalue weighted by Crippen LogP contribution is -2.20. The predicted molar refractivity (Wildman–Crippen MR) is 105 cm³/mol. The average molecular weight is 405 g/mol. The zero-order chi connectivity index (χ0) is 20.1. The molecular weight excluding hydrogens is 382 g/mol. The number of ether oxygens (including phenoxy) is 1. The molecule has 2 aromatic rings. The molecule has 1 aromatic heterocycles. The van der Waals surface area contributed by atoms with E-state index in [0.29, 0.717) is 18.1 Å². The van der Waals surface area contributed by atoms with Gasteiger partial charge in [0, 0.05) is 36.8 Å². The molecule has 150 valence electrons. The maximum atomic E-state index is 11.9. The summed E-state index contributed by atoms with van der Waals surface area (Å²) in [6.07, 6.45) is 8.52. The lowest BCUT2D eigenvalue weighted by molar-refractivity contribution is -0.387. The van der Waals surface area contributed by atoms with Crippen LogP contribution in [0.2, 0.25) is 0 Å². The van der Waals surface area contributed by atoms with Crippen LogP contribution >= 0.6 is 0 Å². The van der Waals surface area contributed by atoms with Gasteiger partial charge in [-0.2, -0.15) is 0 Å². The summed E-state index contributed by atoms with van der Waals surface area (Å²) in [7, 11) is -3.72. The third kappa shape index (κ3) is 5.19. The van der Waals surface area contributed by atoms with Crippen molar-refractivity contribution in [1.82, 2.24) is 4.98 Å². The Labute approximate surface area is 164 Å². The summed E-state index contributed by atoms with van der Waals surface area (Å²) in [5.41, 5.74) is 0.970. The Morgan fingerprint density at radius 3 is 2.64 bits per heavy atom. The van der Waals surface area contributed by atoms with Crippen molar-refractivity contribution in [3.63, 3.8) is 0 Å². The Bertz CT molecular complexity index is 956. The highest BCUT2D eigenvalue weighted by molar-refractivity contribution is 7.90. The molecule has 0 spiro atoms. The van der Waals surface area contributed by atoms with Crippen LogP contribution < -0.4 is 10.1 Å². The van der Waals surface area contributed by atoms with Crippen molar-refractivity contribution in [3.8, 4) is 5.88 Å². The first-order valence-corrected chi connectivity index (χ1v) is 11.1. The molecule has 1 saturated carbocycles. The van der Waals surface area contributed by atoms with Gasteiger partial charge in [-0.15, -0.1) is 0 Å². The normalized spacial score (nSPS) is 15.2. The number of nitro benzene ring substituents is 1. The van der Waals surface area contributed by atoms with E-state index in [1.807, 2.05) is 12.1 Å². The van der Waals surface area contributed by atoms with Gasteiger partial charge in [0.15, 0.2) is 9.84 Å². The smallest absolute Gasteiger partial charge is 0.288 e. The molecule has 8 nitrogen and oxygen atoms in total. The third-order valence-corrected chi connectivity index (χ3v) is 5.82. The van der Waals surface area contributed by atoms with Crippen molar-refractivity contribution in [1.29, 1.82) is 0 Å². The number of pyridine rings is 1. The fraction of sp³-hybridized carbons (Fsp3) is 0.421. The first-order valence-electron chi connectivity index (χ1n) is 9.17. The molecule has 1 fully saturated rings. The van der Waals surface area contributed by atoms with Crippen LogP contribution in [-0.2, 0) is 16.4 Å². The zero-order valence-corrected chi connectivity index (χ0v) is 16.4. The van der Waals surface area contributed by atoms with Gasteiger partial charge in [-0.3, -0.25) is 10.1 Å². The molecule has 0 radical (unpaired) electrons. The Kier molecular flexibility index (Phi) is 6.13. The first-order chi connectivity index (χ1) is 13.3. The standard InChI is InChI=1S/C19H23N3O5S/c1-28(25,26)18-12-15(7-8-17(18)22(23)24)21-13-14-9-10-20-19(11-14)27-16-5-3-2-4-6-16/h7-12,16,21H,2-6,13H2,1H3. The first kappa shape index (κ1) is 20.1. The van der Waals surface area contributed by atoms with Crippen LogP contribution in [0.25, 0.3) is 0 Å². The largest absolute Gasteiger partial charge is 0.474 e. The van der Waals surface area contributed by atoms with E-state index in [-0.39, 0.29) is 11.0 Å². The minimum Gasteiger partial charge on any atom is -0.474 e. The van der Waals surface area contributed by atoms with E-state index in [9.17, 15) is 18.5 Å². The summed E-state index contributed by atoms with van der Waals surface area (Å²) in [4.78, 5) is 14.3. The number of rotatable bonds is 7. The zero-order valence-electron chi connectivity index (χ0n) is 15.6. The second-order valence-corrected chi connectivity index (χ2v) is 8.93. The number of nitro groups is 1.